The molecule has 0 aliphatic carbocycles. The summed E-state index contributed by atoms with van der Waals surface area (Å²) in [6.07, 6.45) is 9.65. The number of hydrogen-bond acceptors (Lipinski definition) is 8. The molecule has 0 aliphatic heterocycles. The van der Waals surface area contributed by atoms with Gasteiger partial charge in [0.2, 0.25) is 0 Å². The van der Waals surface area contributed by atoms with Gasteiger partial charge in [0.1, 0.15) is 13.2 Å². The number of carbonyl (C=O) groups is 2. The lowest BCUT2D eigenvalue weighted by Crippen LogP contribution is -2.15. The zero-order valence-electron chi connectivity index (χ0n) is 22.4. The van der Waals surface area contributed by atoms with E-state index in [0.29, 0.717) is 51.6 Å². The van der Waals surface area contributed by atoms with Gasteiger partial charge in [0.25, 0.3) is 0 Å². The van der Waals surface area contributed by atoms with Crippen LogP contribution in [0.15, 0.2) is 24.3 Å². The monoisotopic (exact) mass is 509 g/mol. The van der Waals surface area contributed by atoms with Gasteiger partial charge in [-0.2, -0.15) is 0 Å². The lowest BCUT2D eigenvalue weighted by molar-refractivity contribution is -0.145. The summed E-state index contributed by atoms with van der Waals surface area (Å²) in [5, 5.41) is 3.31. The van der Waals surface area contributed by atoms with Gasteiger partial charge in [-0.3, -0.25) is 4.79 Å². The van der Waals surface area contributed by atoms with E-state index in [2.05, 4.69) is 19.2 Å². The molecule has 8 nitrogen and oxygen atoms in total. The molecule has 0 spiro atoms. The van der Waals surface area contributed by atoms with E-state index in [-0.39, 0.29) is 25.2 Å². The molecule has 36 heavy (non-hydrogen) atoms. The molecule has 0 fully saturated rings. The Bertz CT molecular complexity index is 666. The third-order valence-corrected chi connectivity index (χ3v) is 5.41. The van der Waals surface area contributed by atoms with Gasteiger partial charge in [0.15, 0.2) is 0 Å². The molecule has 1 N–H and O–H groups in total. The van der Waals surface area contributed by atoms with E-state index in [1.807, 2.05) is 12.1 Å². The number of benzene rings is 1. The minimum atomic E-state index is -0.361. The summed E-state index contributed by atoms with van der Waals surface area (Å²) >= 11 is 0. The molecule has 206 valence electrons. The molecule has 8 heteroatoms. The van der Waals surface area contributed by atoms with Crippen LogP contribution in [0.2, 0.25) is 0 Å². The summed E-state index contributed by atoms with van der Waals surface area (Å²) < 4.78 is 26.6. The van der Waals surface area contributed by atoms with E-state index in [4.69, 9.17) is 23.7 Å². The van der Waals surface area contributed by atoms with E-state index < -0.39 is 0 Å². The molecule has 0 saturated heterocycles. The Morgan fingerprint density at radius 2 is 1.17 bits per heavy atom. The minimum Gasteiger partial charge on any atom is -0.463 e. The maximum Gasteiger partial charge on any atom is 0.338 e. The Balaban J connectivity index is 1.86. The smallest absolute Gasteiger partial charge is 0.338 e. The predicted octanol–water partition coefficient (Wildman–Crippen LogP) is 5.40. The van der Waals surface area contributed by atoms with Crippen molar-refractivity contribution in [1.82, 2.24) is 0 Å². The van der Waals surface area contributed by atoms with Crippen molar-refractivity contribution in [3.05, 3.63) is 29.8 Å². The molecule has 1 aromatic carbocycles. The van der Waals surface area contributed by atoms with Crippen LogP contribution < -0.4 is 5.32 Å². The van der Waals surface area contributed by atoms with Gasteiger partial charge in [-0.25, -0.2) is 4.79 Å². The maximum atomic E-state index is 12.1. The van der Waals surface area contributed by atoms with Crippen LogP contribution in [0.5, 0.6) is 0 Å². The highest BCUT2D eigenvalue weighted by Crippen LogP contribution is 2.11. The van der Waals surface area contributed by atoms with Crippen LogP contribution in [0.4, 0.5) is 5.69 Å². The van der Waals surface area contributed by atoms with Crippen molar-refractivity contribution < 1.29 is 33.3 Å². The molecule has 0 radical (unpaired) electrons. The fourth-order valence-electron chi connectivity index (χ4n) is 3.29. The maximum absolute atomic E-state index is 12.1. The number of nitrogens with one attached hydrogen (secondary N) is 1. The molecule has 0 bridgehead atoms. The van der Waals surface area contributed by atoms with Crippen LogP contribution >= 0.6 is 0 Å². The van der Waals surface area contributed by atoms with Crippen LogP contribution in [0.1, 0.15) is 82.0 Å². The molecule has 0 unspecified atom stereocenters. The highest BCUT2D eigenvalue weighted by molar-refractivity contribution is 5.89. The van der Waals surface area contributed by atoms with Gasteiger partial charge in [-0.05, 0) is 37.1 Å². The normalized spacial score (nSPS) is 10.8. The van der Waals surface area contributed by atoms with E-state index in [9.17, 15) is 9.59 Å². The Morgan fingerprint density at radius 1 is 0.639 bits per heavy atom. The molecule has 0 atom stereocenters. The summed E-state index contributed by atoms with van der Waals surface area (Å²) in [7, 11) is 0. The lowest BCUT2D eigenvalue weighted by atomic mass is 10.1. The van der Waals surface area contributed by atoms with Crippen LogP contribution in [-0.4, -0.2) is 71.3 Å². The Hall–Kier alpha value is -2.16. The fraction of sp³-hybridized carbons (Fsp3) is 0.714. The number of ether oxygens (including phenoxy) is 5. The molecule has 0 saturated carbocycles. The van der Waals surface area contributed by atoms with E-state index >= 15 is 0 Å². The molecule has 1 rings (SSSR count). The standard InChI is InChI=1S/C28H47NO7/c1-3-5-7-8-9-10-11-27(30)35-23-21-33-19-17-32-18-20-34-22-24-36-28(31)25-12-14-26(15-13-25)29-16-6-4-2/h12-15,29H,3-11,16-24H2,1-2H3. The summed E-state index contributed by atoms with van der Waals surface area (Å²) in [4.78, 5) is 23.7. The first-order chi connectivity index (χ1) is 17.7. The number of esters is 2. The van der Waals surface area contributed by atoms with Crippen LogP contribution in [0, 0.1) is 0 Å². The lowest BCUT2D eigenvalue weighted by Gasteiger charge is -2.09. The quantitative estimate of drug-likeness (QED) is 0.146. The number of hydrogen-bond donors (Lipinski definition) is 1. The van der Waals surface area contributed by atoms with Crippen molar-refractivity contribution in [2.24, 2.45) is 0 Å². The first kappa shape index (κ1) is 31.9. The molecule has 0 aromatic heterocycles. The van der Waals surface area contributed by atoms with Crippen molar-refractivity contribution >= 4 is 17.6 Å². The third-order valence-electron chi connectivity index (χ3n) is 5.41. The van der Waals surface area contributed by atoms with Gasteiger partial charge in [-0.15, -0.1) is 0 Å². The van der Waals surface area contributed by atoms with Gasteiger partial charge in [0, 0.05) is 18.7 Å². The second-order valence-corrected chi connectivity index (χ2v) is 8.57. The summed E-state index contributed by atoms with van der Waals surface area (Å²) in [5.74, 6) is -0.513. The summed E-state index contributed by atoms with van der Waals surface area (Å²) in [6, 6.07) is 7.28. The van der Waals surface area contributed by atoms with Crippen molar-refractivity contribution in [2.75, 3.05) is 64.7 Å². The average molecular weight is 510 g/mol. The predicted molar refractivity (Wildman–Crippen MR) is 142 cm³/mol. The minimum absolute atomic E-state index is 0.152. The SMILES string of the molecule is CCCCCCCCC(=O)OCCOCCOCCOCCOC(=O)c1ccc(NCCCC)cc1. The summed E-state index contributed by atoms with van der Waals surface area (Å²) in [5.41, 5.74) is 1.52. The zero-order chi connectivity index (χ0) is 26.1. The Morgan fingerprint density at radius 3 is 1.78 bits per heavy atom. The fourth-order valence-corrected chi connectivity index (χ4v) is 3.29. The first-order valence-corrected chi connectivity index (χ1v) is 13.6. The largest absolute Gasteiger partial charge is 0.463 e. The number of carbonyl (C=O) groups excluding carboxylic acids is 2. The van der Waals surface area contributed by atoms with Crippen molar-refractivity contribution in [3.8, 4) is 0 Å². The summed E-state index contributed by atoms with van der Waals surface area (Å²) in [6.45, 7) is 8.11. The van der Waals surface area contributed by atoms with Crippen LogP contribution in [0.25, 0.3) is 0 Å². The highest BCUT2D eigenvalue weighted by Gasteiger charge is 2.07. The van der Waals surface area contributed by atoms with E-state index in [1.165, 1.54) is 25.7 Å². The van der Waals surface area contributed by atoms with Gasteiger partial charge in [-0.1, -0.05) is 52.4 Å². The highest BCUT2D eigenvalue weighted by atomic mass is 16.6. The Labute approximate surface area is 217 Å². The Kier molecular flexibility index (Phi) is 20.6. The third kappa shape index (κ3) is 18.2. The number of unbranched alkanes of at least 4 members (excludes halogenated alkanes) is 6. The van der Waals surface area contributed by atoms with Crippen molar-refractivity contribution in [2.45, 2.75) is 71.6 Å². The first-order valence-electron chi connectivity index (χ1n) is 13.6. The number of rotatable bonds is 24. The van der Waals surface area contributed by atoms with Gasteiger partial charge >= 0.3 is 11.9 Å². The molecule has 0 aliphatic rings. The van der Waals surface area contributed by atoms with Crippen molar-refractivity contribution in [3.63, 3.8) is 0 Å². The van der Waals surface area contributed by atoms with Crippen LogP contribution in [-0.2, 0) is 28.5 Å². The van der Waals surface area contributed by atoms with E-state index in [1.54, 1.807) is 12.1 Å². The van der Waals surface area contributed by atoms with E-state index in [0.717, 1.165) is 37.9 Å². The second-order valence-electron chi connectivity index (χ2n) is 8.57. The topological polar surface area (TPSA) is 92.3 Å². The molecule has 0 heterocycles. The van der Waals surface area contributed by atoms with Gasteiger partial charge in [0.05, 0.1) is 45.2 Å². The zero-order valence-corrected chi connectivity index (χ0v) is 22.4. The average Bonchev–Trinajstić information content (AvgIpc) is 2.89. The molecular weight excluding hydrogens is 462 g/mol. The number of anilines is 1. The van der Waals surface area contributed by atoms with Crippen molar-refractivity contribution in [1.29, 1.82) is 0 Å². The molecule has 0 amide bonds. The molecular formula is C28H47NO7. The van der Waals surface area contributed by atoms with Crippen LogP contribution in [0.3, 0.4) is 0 Å². The molecule has 1 aromatic rings. The van der Waals surface area contributed by atoms with Gasteiger partial charge < -0.3 is 29.0 Å². The second kappa shape index (κ2) is 23.3.